The fourth-order valence-corrected chi connectivity index (χ4v) is 9.33. The molecular weight excluding hydrogens is 412 g/mol. The molecule has 4 aliphatic carbocycles. The second-order valence-electron chi connectivity index (χ2n) is 15.0. The van der Waals surface area contributed by atoms with Crippen LogP contribution < -0.4 is 0 Å². The fraction of sp³-hybridized carbons (Fsp3) is 1.00. The van der Waals surface area contributed by atoms with Gasteiger partial charge >= 0.3 is 0 Å². The predicted octanol–water partition coefficient (Wildman–Crippen LogP) is 6.57. The van der Waals surface area contributed by atoms with E-state index in [9.17, 15) is 0 Å². The van der Waals surface area contributed by atoms with Crippen LogP contribution in [0.25, 0.3) is 0 Å². The molecule has 0 N–H and O–H groups in total. The van der Waals surface area contributed by atoms with Gasteiger partial charge in [0.1, 0.15) is 0 Å². The topological polar surface area (TPSA) is 36.9 Å². The van der Waals surface area contributed by atoms with E-state index in [-0.39, 0.29) is 27.8 Å². The monoisotopic (exact) mass is 460 g/mol. The van der Waals surface area contributed by atoms with Gasteiger partial charge in [-0.25, -0.2) is 0 Å². The van der Waals surface area contributed by atoms with E-state index < -0.39 is 0 Å². The maximum Gasteiger partial charge on any atom is 0.173 e. The van der Waals surface area contributed by atoms with Crippen molar-refractivity contribution in [3.05, 3.63) is 0 Å². The van der Waals surface area contributed by atoms with Gasteiger partial charge in [-0.1, -0.05) is 41.5 Å². The van der Waals surface area contributed by atoms with Crippen LogP contribution in [0.2, 0.25) is 0 Å². The largest absolute Gasteiger partial charge is 0.349 e. The van der Waals surface area contributed by atoms with Crippen molar-refractivity contribution in [1.82, 2.24) is 0 Å². The van der Waals surface area contributed by atoms with E-state index in [0.717, 1.165) is 69.4 Å². The standard InChI is InChI=1S/C29H48O4/c1-24(2)16-30-28(31-17-24)14-13-26(5)20(15-28)7-8-21-22(26)9-11-27(6)23(21)10-12-29(27)32-18-25(3,4)19-33-29/h20-23H,7-19H2,1-6H3/t20?,21?,22?,23?,26-,27-/m0/s1. The lowest BCUT2D eigenvalue weighted by Crippen LogP contribution is -2.61. The highest BCUT2D eigenvalue weighted by Crippen LogP contribution is 2.70. The Labute approximate surface area is 201 Å². The second kappa shape index (κ2) is 7.20. The lowest BCUT2D eigenvalue weighted by atomic mass is 9.44. The zero-order valence-corrected chi connectivity index (χ0v) is 22.1. The van der Waals surface area contributed by atoms with E-state index in [2.05, 4.69) is 41.5 Å². The Balaban J connectivity index is 1.20. The molecule has 0 aromatic heterocycles. The van der Waals surface area contributed by atoms with E-state index in [1.807, 2.05) is 0 Å². The molecule has 4 nitrogen and oxygen atoms in total. The Kier molecular flexibility index (Phi) is 5.08. The van der Waals surface area contributed by atoms with Gasteiger partial charge in [-0.05, 0) is 67.6 Å². The highest BCUT2D eigenvalue weighted by Gasteiger charge is 2.68. The minimum absolute atomic E-state index is 0.138. The van der Waals surface area contributed by atoms with Gasteiger partial charge < -0.3 is 18.9 Å². The van der Waals surface area contributed by atoms with Crippen molar-refractivity contribution in [3.63, 3.8) is 0 Å². The highest BCUT2D eigenvalue weighted by molar-refractivity contribution is 5.13. The Hall–Kier alpha value is -0.160. The Bertz CT molecular complexity index is 768. The molecule has 0 bridgehead atoms. The molecule has 6 rings (SSSR count). The van der Waals surface area contributed by atoms with Crippen LogP contribution in [-0.2, 0) is 18.9 Å². The van der Waals surface area contributed by atoms with Crippen LogP contribution in [0.5, 0.6) is 0 Å². The molecule has 0 aromatic rings. The molecule has 6 atom stereocenters. The first-order chi connectivity index (χ1) is 15.4. The van der Waals surface area contributed by atoms with Crippen LogP contribution in [0, 0.1) is 45.3 Å². The van der Waals surface area contributed by atoms with Crippen molar-refractivity contribution in [3.8, 4) is 0 Å². The summed E-state index contributed by atoms with van der Waals surface area (Å²) < 4.78 is 26.3. The molecule has 2 saturated heterocycles. The van der Waals surface area contributed by atoms with Crippen LogP contribution in [0.4, 0.5) is 0 Å². The number of fused-ring (bicyclic) bond motifs is 6. The summed E-state index contributed by atoms with van der Waals surface area (Å²) in [6.07, 6.45) is 11.1. The van der Waals surface area contributed by atoms with Crippen molar-refractivity contribution >= 4 is 0 Å². The van der Waals surface area contributed by atoms with Crippen LogP contribution in [0.15, 0.2) is 0 Å². The lowest BCUT2D eigenvalue weighted by molar-refractivity contribution is -0.351. The molecule has 2 heterocycles. The molecule has 6 fully saturated rings. The van der Waals surface area contributed by atoms with Crippen LogP contribution >= 0.6 is 0 Å². The quantitative estimate of drug-likeness (QED) is 0.410. The average Bonchev–Trinajstić information content (AvgIpc) is 3.06. The third kappa shape index (κ3) is 3.36. The van der Waals surface area contributed by atoms with Gasteiger partial charge in [0.05, 0.1) is 26.4 Å². The summed E-state index contributed by atoms with van der Waals surface area (Å²) in [6.45, 7) is 17.5. The van der Waals surface area contributed by atoms with Gasteiger partial charge in [-0.2, -0.15) is 0 Å². The highest BCUT2D eigenvalue weighted by atomic mass is 16.7. The van der Waals surface area contributed by atoms with Crippen LogP contribution in [0.1, 0.15) is 99.3 Å². The van der Waals surface area contributed by atoms with Crippen LogP contribution in [-0.4, -0.2) is 38.0 Å². The van der Waals surface area contributed by atoms with Gasteiger partial charge in [-0.3, -0.25) is 0 Å². The Morgan fingerprint density at radius 2 is 1.18 bits per heavy atom. The summed E-state index contributed by atoms with van der Waals surface area (Å²) >= 11 is 0. The molecule has 33 heavy (non-hydrogen) atoms. The maximum atomic E-state index is 6.66. The smallest absolute Gasteiger partial charge is 0.173 e. The maximum absolute atomic E-state index is 6.66. The number of hydrogen-bond acceptors (Lipinski definition) is 4. The lowest BCUT2D eigenvalue weighted by Gasteiger charge is -2.63. The van der Waals surface area contributed by atoms with Crippen molar-refractivity contribution in [2.24, 2.45) is 45.3 Å². The third-order valence-electron chi connectivity index (χ3n) is 11.6. The zero-order valence-electron chi connectivity index (χ0n) is 22.1. The number of rotatable bonds is 0. The third-order valence-corrected chi connectivity index (χ3v) is 11.6. The average molecular weight is 461 g/mol. The number of ether oxygens (including phenoxy) is 4. The summed E-state index contributed by atoms with van der Waals surface area (Å²) in [5, 5.41) is 0. The summed E-state index contributed by atoms with van der Waals surface area (Å²) in [4.78, 5) is 0. The van der Waals surface area contributed by atoms with E-state index in [1.54, 1.807) is 0 Å². The summed E-state index contributed by atoms with van der Waals surface area (Å²) in [7, 11) is 0. The molecule has 4 saturated carbocycles. The summed E-state index contributed by atoms with van der Waals surface area (Å²) in [6, 6.07) is 0. The SMILES string of the molecule is CC1(C)COC2(CC[C@@]3(C)C(CCC4C3CC[C@@]3(C)C4CCC34OCC(C)(C)CO4)C2)OC1. The Morgan fingerprint density at radius 3 is 1.85 bits per heavy atom. The zero-order chi connectivity index (χ0) is 23.3. The fourth-order valence-electron chi connectivity index (χ4n) is 9.33. The molecule has 0 radical (unpaired) electrons. The van der Waals surface area contributed by atoms with E-state index >= 15 is 0 Å². The molecule has 4 heteroatoms. The van der Waals surface area contributed by atoms with E-state index in [1.165, 1.54) is 38.5 Å². The first-order valence-corrected chi connectivity index (χ1v) is 14.0. The van der Waals surface area contributed by atoms with Crippen molar-refractivity contribution in [1.29, 1.82) is 0 Å². The molecule has 0 aromatic carbocycles. The minimum Gasteiger partial charge on any atom is -0.349 e. The summed E-state index contributed by atoms with van der Waals surface area (Å²) in [5.41, 5.74) is 0.888. The van der Waals surface area contributed by atoms with Gasteiger partial charge in [0.15, 0.2) is 11.6 Å². The molecule has 2 aliphatic heterocycles. The predicted molar refractivity (Wildman–Crippen MR) is 129 cm³/mol. The van der Waals surface area contributed by atoms with Crippen LogP contribution in [0.3, 0.4) is 0 Å². The van der Waals surface area contributed by atoms with Crippen molar-refractivity contribution in [2.45, 2.75) is 111 Å². The second-order valence-corrected chi connectivity index (χ2v) is 15.0. The molecule has 6 aliphatic rings. The molecule has 4 unspecified atom stereocenters. The first-order valence-electron chi connectivity index (χ1n) is 14.0. The number of hydrogen-bond donors (Lipinski definition) is 0. The van der Waals surface area contributed by atoms with Crippen molar-refractivity contribution in [2.75, 3.05) is 26.4 Å². The first kappa shape index (κ1) is 23.3. The molecule has 188 valence electrons. The normalized spacial score (nSPS) is 49.3. The van der Waals surface area contributed by atoms with Gasteiger partial charge in [0.2, 0.25) is 0 Å². The molecular formula is C29H48O4. The van der Waals surface area contributed by atoms with E-state index in [4.69, 9.17) is 18.9 Å². The van der Waals surface area contributed by atoms with Gasteiger partial charge in [-0.15, -0.1) is 0 Å². The molecule has 2 spiro atoms. The van der Waals surface area contributed by atoms with Gasteiger partial charge in [0.25, 0.3) is 0 Å². The van der Waals surface area contributed by atoms with E-state index in [0.29, 0.717) is 5.41 Å². The van der Waals surface area contributed by atoms with Gasteiger partial charge in [0, 0.05) is 35.5 Å². The Morgan fingerprint density at radius 1 is 0.576 bits per heavy atom. The molecule has 0 amide bonds. The van der Waals surface area contributed by atoms with Crippen molar-refractivity contribution < 1.29 is 18.9 Å². The summed E-state index contributed by atoms with van der Waals surface area (Å²) in [5.74, 6) is 2.51. The minimum atomic E-state index is -0.330.